The number of phosphoric acid groups is 1. The number of unbranched alkanes of at least 4 members (excludes halogenated alkanes) is 18. The van der Waals surface area contributed by atoms with Crippen molar-refractivity contribution in [2.45, 2.75) is 209 Å². The molecule has 1 N–H and O–H groups in total. The van der Waals surface area contributed by atoms with E-state index in [9.17, 15) is 14.4 Å². The summed E-state index contributed by atoms with van der Waals surface area (Å²) in [6.07, 6.45) is 17.0. The summed E-state index contributed by atoms with van der Waals surface area (Å²) in [5.74, 6) is -0.0360. The number of hydrogen-bond acceptors (Lipinski definition) is 14. The summed E-state index contributed by atoms with van der Waals surface area (Å²) in [5.41, 5.74) is 0.712. The van der Waals surface area contributed by atoms with Crippen molar-refractivity contribution in [2.75, 3.05) is 26.4 Å². The van der Waals surface area contributed by atoms with Gasteiger partial charge in [-0.3, -0.25) is 9.32 Å². The SMILES string of the molecule is C=CCO[C@H]1O[C@H](COC(=O)OCc2ccccc2)[C@@H](OP(=O)(Oc2ccccc2)Oc2ccccc2)[C@H](OCC[C@@H](CCCCCCCCCCC)OC(=O)CCCCCCCCCCCCC)[C@H]1NC(=O)OCC(Cl)(Cl)Cl. The van der Waals surface area contributed by atoms with E-state index in [1.54, 1.807) is 84.9 Å². The normalized spacial score (nSPS) is 17.8. The first-order chi connectivity index (χ1) is 38.3. The van der Waals surface area contributed by atoms with Gasteiger partial charge in [-0.1, -0.05) is 237 Å². The van der Waals surface area contributed by atoms with Crippen LogP contribution in [0.5, 0.6) is 11.5 Å². The van der Waals surface area contributed by atoms with Crippen molar-refractivity contribution in [3.63, 3.8) is 0 Å². The highest BCUT2D eigenvalue weighted by atomic mass is 35.6. The number of esters is 1. The number of phosphoric ester groups is 1. The van der Waals surface area contributed by atoms with Gasteiger partial charge in [-0.2, -0.15) is 0 Å². The van der Waals surface area contributed by atoms with Crippen molar-refractivity contribution in [1.82, 2.24) is 5.32 Å². The molecule has 4 rings (SSSR count). The van der Waals surface area contributed by atoms with Crippen LogP contribution >= 0.6 is 42.6 Å². The first kappa shape index (κ1) is 67.5. The third kappa shape index (κ3) is 30.0. The summed E-state index contributed by atoms with van der Waals surface area (Å²) in [6, 6.07) is 24.1. The summed E-state index contributed by atoms with van der Waals surface area (Å²) >= 11 is 17.9. The Labute approximate surface area is 485 Å². The third-order valence-corrected chi connectivity index (χ3v) is 14.8. The van der Waals surface area contributed by atoms with Gasteiger partial charge in [0, 0.05) is 12.8 Å². The zero-order valence-electron chi connectivity index (χ0n) is 46.5. The van der Waals surface area contributed by atoms with Crippen LogP contribution in [0.1, 0.15) is 167 Å². The highest BCUT2D eigenvalue weighted by Crippen LogP contribution is 2.52. The van der Waals surface area contributed by atoms with Crippen LogP contribution in [0.2, 0.25) is 0 Å². The van der Waals surface area contributed by atoms with Gasteiger partial charge >= 0.3 is 26.0 Å². The van der Waals surface area contributed by atoms with E-state index in [2.05, 4.69) is 25.7 Å². The maximum absolute atomic E-state index is 15.3. The lowest BCUT2D eigenvalue weighted by molar-refractivity contribution is -0.271. The smallest absolute Gasteiger partial charge is 0.462 e. The molecule has 442 valence electrons. The highest BCUT2D eigenvalue weighted by molar-refractivity contribution is 7.49. The Morgan fingerprint density at radius 3 is 1.71 bits per heavy atom. The lowest BCUT2D eigenvalue weighted by Gasteiger charge is -2.45. The molecule has 1 fully saturated rings. The van der Waals surface area contributed by atoms with Crippen LogP contribution in [0.3, 0.4) is 0 Å². The summed E-state index contributed by atoms with van der Waals surface area (Å²) in [5, 5.41) is 2.72. The largest absolute Gasteiger partial charge is 0.588 e. The quantitative estimate of drug-likeness (QED) is 0.0142. The van der Waals surface area contributed by atoms with Gasteiger partial charge in [0.05, 0.1) is 13.2 Å². The topological polar surface area (TPSA) is 173 Å². The lowest BCUT2D eigenvalue weighted by atomic mass is 9.96. The van der Waals surface area contributed by atoms with Gasteiger partial charge < -0.3 is 47.5 Å². The first-order valence-electron chi connectivity index (χ1n) is 28.6. The van der Waals surface area contributed by atoms with Crippen molar-refractivity contribution < 1.29 is 65.7 Å². The Hall–Kier alpha value is -4.05. The molecule has 1 saturated heterocycles. The molecule has 3 aromatic carbocycles. The number of para-hydroxylation sites is 2. The fourth-order valence-corrected chi connectivity index (χ4v) is 10.5. The molecule has 0 spiro atoms. The molecule has 3 aromatic rings. The van der Waals surface area contributed by atoms with Gasteiger partial charge in [0.1, 0.15) is 61.8 Å². The van der Waals surface area contributed by atoms with E-state index >= 15 is 4.57 Å². The van der Waals surface area contributed by atoms with Gasteiger partial charge in [0.25, 0.3) is 0 Å². The second kappa shape index (κ2) is 40.2. The van der Waals surface area contributed by atoms with Gasteiger partial charge in [-0.05, 0) is 49.1 Å². The molecule has 1 aliphatic rings. The minimum atomic E-state index is -4.83. The van der Waals surface area contributed by atoms with Crippen LogP contribution in [0.25, 0.3) is 0 Å². The molecule has 0 aromatic heterocycles. The van der Waals surface area contributed by atoms with E-state index < -0.39 is 73.8 Å². The molecular weight excluding hydrogens is 1100 g/mol. The molecular formula is C60H87Cl3NO14P. The summed E-state index contributed by atoms with van der Waals surface area (Å²) < 4.78 is 74.0. The fourth-order valence-electron chi connectivity index (χ4n) is 8.95. The molecule has 6 atom stereocenters. The number of alkyl halides is 3. The zero-order chi connectivity index (χ0) is 56.8. The number of carbonyl (C=O) groups excluding carboxylic acids is 3. The second-order valence-corrected chi connectivity index (χ2v) is 23.8. The first-order valence-corrected chi connectivity index (χ1v) is 31.2. The molecule has 0 saturated carbocycles. The van der Waals surface area contributed by atoms with Crippen molar-refractivity contribution in [3.8, 4) is 11.5 Å². The fraction of sp³-hybridized carbons (Fsp3) is 0.617. The number of ether oxygens (including phenoxy) is 7. The van der Waals surface area contributed by atoms with Crippen LogP contribution in [-0.4, -0.2) is 85.2 Å². The molecule has 1 aliphatic heterocycles. The van der Waals surface area contributed by atoms with Crippen molar-refractivity contribution >= 4 is 60.8 Å². The Bertz CT molecular complexity index is 2100. The third-order valence-electron chi connectivity index (χ3n) is 13.1. The molecule has 1 heterocycles. The maximum atomic E-state index is 15.3. The number of hydrogen-bond donors (Lipinski definition) is 1. The average Bonchev–Trinajstić information content (AvgIpc) is 3.54. The summed E-state index contributed by atoms with van der Waals surface area (Å²) in [4.78, 5) is 40.5. The van der Waals surface area contributed by atoms with E-state index in [1.165, 1.54) is 83.1 Å². The number of alkyl carbamates (subject to hydrolysis) is 1. The Balaban J connectivity index is 1.65. The highest BCUT2D eigenvalue weighted by Gasteiger charge is 2.53. The molecule has 0 radical (unpaired) electrons. The molecule has 0 unspecified atom stereocenters. The molecule has 19 heteroatoms. The molecule has 79 heavy (non-hydrogen) atoms. The van der Waals surface area contributed by atoms with Gasteiger partial charge in [-0.25, -0.2) is 14.2 Å². The molecule has 15 nitrogen and oxygen atoms in total. The number of amides is 1. The van der Waals surface area contributed by atoms with Crippen LogP contribution in [-0.2, 0) is 53.6 Å². The Morgan fingerprint density at radius 1 is 0.658 bits per heavy atom. The van der Waals surface area contributed by atoms with Crippen molar-refractivity contribution in [2.24, 2.45) is 0 Å². The van der Waals surface area contributed by atoms with E-state index in [-0.39, 0.29) is 43.7 Å². The van der Waals surface area contributed by atoms with Crippen LogP contribution in [0.15, 0.2) is 104 Å². The van der Waals surface area contributed by atoms with Crippen molar-refractivity contribution in [3.05, 3.63) is 109 Å². The van der Waals surface area contributed by atoms with Crippen molar-refractivity contribution in [1.29, 1.82) is 0 Å². The van der Waals surface area contributed by atoms with E-state index in [4.69, 9.17) is 81.5 Å². The summed E-state index contributed by atoms with van der Waals surface area (Å²) in [7, 11) is -4.83. The standard InChI is InChI=1S/C60H87Cl3NO14P/c1-4-7-9-11-13-15-16-18-20-22-33-41-53(65)74-49(36-28-21-19-17-14-12-10-8-5-2)42-44-69-56-54(64-58(66)73-47-60(61,62)63)57(70-43-6-3)75-52(46-72-59(67)71-45-48-34-26-23-27-35-48)55(56)78-79(68,76-50-37-29-24-30-38-50)77-51-39-31-25-32-40-51/h6,23-27,29-32,34-35,37-40,49,52,54-57H,3-5,7-22,28,33,36,41-47H2,1-2H3,(H,64,66)/t49-,52-,54-,55-,56-,57+/m1/s1. The number of carbonyl (C=O) groups is 3. The van der Waals surface area contributed by atoms with E-state index in [0.29, 0.717) is 18.4 Å². The zero-order valence-corrected chi connectivity index (χ0v) is 49.7. The number of nitrogens with one attached hydrogen (secondary N) is 1. The number of rotatable bonds is 42. The van der Waals surface area contributed by atoms with E-state index in [0.717, 1.165) is 51.4 Å². The number of benzene rings is 3. The average molecular weight is 1180 g/mol. The molecule has 1 amide bonds. The second-order valence-electron chi connectivity index (χ2n) is 19.8. The molecule has 0 aliphatic carbocycles. The van der Waals surface area contributed by atoms with Crippen LogP contribution in [0, 0.1) is 0 Å². The minimum absolute atomic E-state index is 0.0933. The number of halogens is 3. The van der Waals surface area contributed by atoms with Gasteiger partial charge in [-0.15, -0.1) is 6.58 Å². The summed E-state index contributed by atoms with van der Waals surface area (Å²) in [6.45, 7) is 6.72. The maximum Gasteiger partial charge on any atom is 0.588 e. The Kier molecular flexibility index (Phi) is 34.3. The van der Waals surface area contributed by atoms with Gasteiger partial charge in [0.15, 0.2) is 6.29 Å². The van der Waals surface area contributed by atoms with Crippen LogP contribution in [0.4, 0.5) is 9.59 Å². The Morgan fingerprint density at radius 2 is 1.18 bits per heavy atom. The van der Waals surface area contributed by atoms with Crippen LogP contribution < -0.4 is 14.4 Å². The minimum Gasteiger partial charge on any atom is -0.462 e. The predicted molar refractivity (Wildman–Crippen MR) is 310 cm³/mol. The molecule has 0 bridgehead atoms. The lowest BCUT2D eigenvalue weighted by Crippen LogP contribution is -2.66. The van der Waals surface area contributed by atoms with E-state index in [1.807, 2.05) is 6.07 Å². The predicted octanol–water partition coefficient (Wildman–Crippen LogP) is 16.7. The monoisotopic (exact) mass is 1180 g/mol. The van der Waals surface area contributed by atoms with Gasteiger partial charge in [0.2, 0.25) is 3.79 Å².